The molecule has 0 amide bonds. The van der Waals surface area contributed by atoms with Gasteiger partial charge in [-0.2, -0.15) is 5.10 Å². The minimum atomic E-state index is 0.273. The number of ether oxygens (including phenoxy) is 1. The van der Waals surface area contributed by atoms with Crippen LogP contribution in [-0.4, -0.2) is 46.0 Å². The third kappa shape index (κ3) is 2.89. The van der Waals surface area contributed by atoms with Crippen molar-refractivity contribution < 1.29 is 4.74 Å². The molecule has 4 rings (SSSR count). The summed E-state index contributed by atoms with van der Waals surface area (Å²) >= 11 is 0. The molecular weight excluding hydrogens is 345 g/mol. The summed E-state index contributed by atoms with van der Waals surface area (Å²) in [6, 6.07) is 4.32. The Morgan fingerprint density at radius 1 is 1.46 bits per heavy atom. The number of hydrogen-bond acceptors (Lipinski definition) is 5. The van der Waals surface area contributed by atoms with E-state index < -0.39 is 0 Å². The number of nitrogens with one attached hydrogen (secondary N) is 1. The Bertz CT molecular complexity index is 970. The van der Waals surface area contributed by atoms with E-state index in [2.05, 4.69) is 48.9 Å². The molecule has 26 heavy (non-hydrogen) atoms. The van der Waals surface area contributed by atoms with E-state index in [1.165, 1.54) is 0 Å². The van der Waals surface area contributed by atoms with Crippen LogP contribution in [0, 0.1) is 0 Å². The molecule has 0 aromatic carbocycles. The zero-order valence-corrected chi connectivity index (χ0v) is 16.1. The van der Waals surface area contributed by atoms with Crippen LogP contribution in [0.2, 0.25) is 0 Å². The first-order chi connectivity index (χ1) is 12.6. The van der Waals surface area contributed by atoms with Gasteiger partial charge in [0.05, 0.1) is 24.9 Å². The minimum absolute atomic E-state index is 0.273. The number of hydrogen-bond donors (Lipinski definition) is 1. The van der Waals surface area contributed by atoms with E-state index in [1.54, 1.807) is 6.20 Å². The first-order valence-electron chi connectivity index (χ1n) is 8.65. The van der Waals surface area contributed by atoms with E-state index in [0.717, 1.165) is 51.1 Å². The molecule has 0 saturated carbocycles. The van der Waals surface area contributed by atoms with Gasteiger partial charge >= 0.3 is 0 Å². The summed E-state index contributed by atoms with van der Waals surface area (Å²) in [7, 11) is 2.77. The van der Waals surface area contributed by atoms with Crippen molar-refractivity contribution in [3.05, 3.63) is 36.7 Å². The zero-order chi connectivity index (χ0) is 18.3. The molecule has 0 spiro atoms. The number of H-pyrrole nitrogens is 1. The van der Waals surface area contributed by atoms with E-state index in [0.29, 0.717) is 13.2 Å². The van der Waals surface area contributed by atoms with Gasteiger partial charge in [-0.05, 0) is 36.8 Å². The maximum atomic E-state index is 5.58. The molecule has 7 heteroatoms. The van der Waals surface area contributed by atoms with Crippen LogP contribution >= 0.6 is 9.24 Å². The molecule has 134 valence electrons. The average Bonchev–Trinajstić information content (AvgIpc) is 3.16. The van der Waals surface area contributed by atoms with Crippen LogP contribution in [0.4, 0.5) is 5.82 Å². The Kier molecular flexibility index (Phi) is 4.47. The predicted octanol–water partition coefficient (Wildman–Crippen LogP) is 2.78. The van der Waals surface area contributed by atoms with Crippen LogP contribution in [0.5, 0.6) is 0 Å². The van der Waals surface area contributed by atoms with Gasteiger partial charge in [0.2, 0.25) is 0 Å². The second kappa shape index (κ2) is 6.78. The van der Waals surface area contributed by atoms with Crippen molar-refractivity contribution in [1.82, 2.24) is 20.2 Å². The summed E-state index contributed by atoms with van der Waals surface area (Å²) in [6.45, 7) is 10.6. The number of aromatic nitrogens is 4. The Balaban J connectivity index is 2.01. The molecule has 1 N–H and O–H groups in total. The van der Waals surface area contributed by atoms with Crippen molar-refractivity contribution in [1.29, 1.82) is 0 Å². The highest BCUT2D eigenvalue weighted by Crippen LogP contribution is 2.32. The topological polar surface area (TPSA) is 66.9 Å². The molecule has 0 bridgehead atoms. The fourth-order valence-corrected chi connectivity index (χ4v) is 3.76. The number of anilines is 1. The standard InChI is InChI=1S/C19H22N5OP/c1-11(2)13-8-16(24-6-7-25-10-12(24)3)22-19-17(13)15(26)9-20-18(19)14-4-5-21-23-14/h4-5,8-9,12H,1,6-7,10,26H2,2-3H3,(H,21,23). The average molecular weight is 367 g/mol. The molecule has 0 aliphatic carbocycles. The fourth-order valence-electron chi connectivity index (χ4n) is 3.39. The van der Waals surface area contributed by atoms with E-state index in [9.17, 15) is 0 Å². The van der Waals surface area contributed by atoms with Crippen LogP contribution in [0.3, 0.4) is 0 Å². The fraction of sp³-hybridized carbons (Fsp3) is 0.316. The lowest BCUT2D eigenvalue weighted by Gasteiger charge is -2.34. The molecule has 1 fully saturated rings. The molecule has 3 aromatic rings. The molecule has 1 aliphatic heterocycles. The van der Waals surface area contributed by atoms with Crippen molar-refractivity contribution >= 4 is 36.8 Å². The first kappa shape index (κ1) is 17.1. The molecule has 2 atom stereocenters. The summed E-state index contributed by atoms with van der Waals surface area (Å²) in [4.78, 5) is 11.9. The number of aromatic amines is 1. The lowest BCUT2D eigenvalue weighted by molar-refractivity contribution is 0.0986. The molecule has 2 unspecified atom stereocenters. The lowest BCUT2D eigenvalue weighted by atomic mass is 10.0. The molecular formula is C19H22N5OP. The summed E-state index contributed by atoms with van der Waals surface area (Å²) in [5.41, 5.74) is 4.61. The molecule has 3 aromatic heterocycles. The van der Waals surface area contributed by atoms with Gasteiger partial charge in [-0.15, -0.1) is 9.24 Å². The smallest absolute Gasteiger partial charge is 0.130 e. The van der Waals surface area contributed by atoms with Crippen molar-refractivity contribution in [2.75, 3.05) is 24.7 Å². The van der Waals surface area contributed by atoms with Gasteiger partial charge in [0.1, 0.15) is 17.0 Å². The van der Waals surface area contributed by atoms with Gasteiger partial charge in [0.15, 0.2) is 0 Å². The maximum Gasteiger partial charge on any atom is 0.130 e. The van der Waals surface area contributed by atoms with Gasteiger partial charge in [-0.3, -0.25) is 10.1 Å². The normalized spacial score (nSPS) is 17.7. The Morgan fingerprint density at radius 2 is 2.31 bits per heavy atom. The van der Waals surface area contributed by atoms with Crippen molar-refractivity contribution in [3.8, 4) is 11.4 Å². The Labute approximate surface area is 154 Å². The summed E-state index contributed by atoms with van der Waals surface area (Å²) in [5.74, 6) is 0.935. The van der Waals surface area contributed by atoms with Crippen LogP contribution < -0.4 is 10.2 Å². The monoisotopic (exact) mass is 367 g/mol. The Hall–Kier alpha value is -2.30. The van der Waals surface area contributed by atoms with Crippen LogP contribution in [-0.2, 0) is 4.74 Å². The van der Waals surface area contributed by atoms with Crippen molar-refractivity contribution in [2.45, 2.75) is 19.9 Å². The first-order valence-corrected chi connectivity index (χ1v) is 9.23. The van der Waals surface area contributed by atoms with Crippen LogP contribution in [0.15, 0.2) is 31.1 Å². The summed E-state index contributed by atoms with van der Waals surface area (Å²) in [6.07, 6.45) is 3.58. The second-order valence-electron chi connectivity index (χ2n) is 6.68. The van der Waals surface area contributed by atoms with Gasteiger partial charge in [-0.1, -0.05) is 12.2 Å². The van der Waals surface area contributed by atoms with Gasteiger partial charge in [0, 0.05) is 24.3 Å². The van der Waals surface area contributed by atoms with Gasteiger partial charge in [-0.25, -0.2) is 4.98 Å². The molecule has 1 aliphatic rings. The van der Waals surface area contributed by atoms with E-state index >= 15 is 0 Å². The molecule has 6 nitrogen and oxygen atoms in total. The van der Waals surface area contributed by atoms with Crippen molar-refractivity contribution in [3.63, 3.8) is 0 Å². The van der Waals surface area contributed by atoms with Gasteiger partial charge in [0.25, 0.3) is 0 Å². The highest BCUT2D eigenvalue weighted by Gasteiger charge is 2.23. The molecule has 0 radical (unpaired) electrons. The predicted molar refractivity (Wildman–Crippen MR) is 109 cm³/mol. The third-order valence-electron chi connectivity index (χ3n) is 4.73. The maximum absolute atomic E-state index is 5.58. The number of fused-ring (bicyclic) bond motifs is 1. The van der Waals surface area contributed by atoms with Crippen LogP contribution in [0.1, 0.15) is 19.4 Å². The SMILES string of the molecule is C=C(C)c1cc(N2CCOCC2C)nc2c(-c3ccn[nH]3)ncc(P)c12. The number of allylic oxidation sites excluding steroid dienone is 1. The van der Waals surface area contributed by atoms with E-state index in [4.69, 9.17) is 9.72 Å². The number of morpholine rings is 1. The van der Waals surface area contributed by atoms with Crippen molar-refractivity contribution in [2.24, 2.45) is 0 Å². The van der Waals surface area contributed by atoms with E-state index in [1.807, 2.05) is 19.2 Å². The molecule has 4 heterocycles. The quantitative estimate of drug-likeness (QED) is 0.721. The van der Waals surface area contributed by atoms with Crippen LogP contribution in [0.25, 0.3) is 27.9 Å². The molecule has 1 saturated heterocycles. The number of nitrogens with zero attached hydrogens (tertiary/aromatic N) is 4. The highest BCUT2D eigenvalue weighted by atomic mass is 31.0. The van der Waals surface area contributed by atoms with E-state index in [-0.39, 0.29) is 6.04 Å². The summed E-state index contributed by atoms with van der Waals surface area (Å²) < 4.78 is 5.58. The minimum Gasteiger partial charge on any atom is -0.377 e. The Morgan fingerprint density at radius 3 is 3.00 bits per heavy atom. The number of pyridine rings is 2. The summed E-state index contributed by atoms with van der Waals surface area (Å²) in [5, 5.41) is 9.14. The number of rotatable bonds is 3. The largest absolute Gasteiger partial charge is 0.377 e. The zero-order valence-electron chi connectivity index (χ0n) is 15.0. The lowest BCUT2D eigenvalue weighted by Crippen LogP contribution is -2.44. The highest BCUT2D eigenvalue weighted by molar-refractivity contribution is 7.28. The third-order valence-corrected chi connectivity index (χ3v) is 5.17. The second-order valence-corrected chi connectivity index (χ2v) is 7.30. The van der Waals surface area contributed by atoms with Gasteiger partial charge < -0.3 is 9.64 Å².